The molecule has 1 saturated heterocycles. The Morgan fingerprint density at radius 2 is 2.10 bits per heavy atom. The molecule has 214 valence electrons. The summed E-state index contributed by atoms with van der Waals surface area (Å²) in [5.41, 5.74) is 2.99. The van der Waals surface area contributed by atoms with Gasteiger partial charge in [0.2, 0.25) is 5.91 Å². The number of carbonyl (C=O) groups is 1. The molecule has 1 fully saturated rings. The van der Waals surface area contributed by atoms with Crippen molar-refractivity contribution in [3.05, 3.63) is 60.4 Å². The molecule has 0 radical (unpaired) electrons. The lowest BCUT2D eigenvalue weighted by atomic mass is 9.93. The highest BCUT2D eigenvalue weighted by Gasteiger charge is 2.42. The summed E-state index contributed by atoms with van der Waals surface area (Å²) in [4.78, 5) is 17.2. The second-order valence-corrected chi connectivity index (χ2v) is 10.6. The van der Waals surface area contributed by atoms with Crippen LogP contribution in [-0.2, 0) is 4.79 Å². The SMILES string of the molecule is C=C(CN1C(=O)C(CCC(CC)Oc2ccc3[nH]ncc3c2)c2c(OC)cccc21)N1CCCC1CC(F)(F)F. The summed E-state index contributed by atoms with van der Waals surface area (Å²) >= 11 is 0. The summed E-state index contributed by atoms with van der Waals surface area (Å²) in [6.45, 7) is 6.82. The van der Waals surface area contributed by atoms with E-state index >= 15 is 0 Å². The van der Waals surface area contributed by atoms with E-state index in [0.717, 1.165) is 34.3 Å². The lowest BCUT2D eigenvalue weighted by molar-refractivity contribution is -0.144. The highest BCUT2D eigenvalue weighted by Crippen LogP contribution is 2.46. The van der Waals surface area contributed by atoms with Gasteiger partial charge in [-0.3, -0.25) is 9.89 Å². The number of nitrogens with one attached hydrogen (secondary N) is 1. The number of anilines is 1. The van der Waals surface area contributed by atoms with Crippen LogP contribution in [0.1, 0.15) is 56.9 Å². The number of fused-ring (bicyclic) bond motifs is 2. The zero-order chi connectivity index (χ0) is 28.4. The minimum atomic E-state index is -4.25. The summed E-state index contributed by atoms with van der Waals surface area (Å²) in [5, 5.41) is 7.95. The molecule has 0 saturated carbocycles. The Hall–Kier alpha value is -3.69. The summed E-state index contributed by atoms with van der Waals surface area (Å²) < 4.78 is 51.4. The zero-order valence-corrected chi connectivity index (χ0v) is 22.8. The molecule has 2 aromatic carbocycles. The van der Waals surface area contributed by atoms with Gasteiger partial charge in [-0.2, -0.15) is 18.3 Å². The maximum Gasteiger partial charge on any atom is 0.391 e. The van der Waals surface area contributed by atoms with Gasteiger partial charge in [0, 0.05) is 29.2 Å². The van der Waals surface area contributed by atoms with Gasteiger partial charge in [0.1, 0.15) is 11.5 Å². The Balaban J connectivity index is 1.31. The van der Waals surface area contributed by atoms with Crippen molar-refractivity contribution in [2.24, 2.45) is 0 Å². The molecule has 0 aliphatic carbocycles. The van der Waals surface area contributed by atoms with E-state index in [0.29, 0.717) is 43.7 Å². The third-order valence-corrected chi connectivity index (χ3v) is 8.00. The first-order valence-electron chi connectivity index (χ1n) is 13.8. The molecule has 10 heteroatoms. The molecule has 40 heavy (non-hydrogen) atoms. The van der Waals surface area contributed by atoms with Gasteiger partial charge in [-0.1, -0.05) is 19.6 Å². The summed E-state index contributed by atoms with van der Waals surface area (Å²) in [6.07, 6.45) is -0.392. The molecule has 0 spiro atoms. The highest BCUT2D eigenvalue weighted by atomic mass is 19.4. The second kappa shape index (κ2) is 11.4. The number of aromatic amines is 1. The number of methoxy groups -OCH3 is 1. The van der Waals surface area contributed by atoms with Crippen LogP contribution in [0.5, 0.6) is 11.5 Å². The fourth-order valence-electron chi connectivity index (χ4n) is 6.05. The number of ether oxygens (including phenoxy) is 2. The lowest BCUT2D eigenvalue weighted by Gasteiger charge is -2.31. The average molecular weight is 557 g/mol. The third-order valence-electron chi connectivity index (χ3n) is 8.00. The average Bonchev–Trinajstić information content (AvgIpc) is 3.64. The molecule has 3 aromatic rings. The van der Waals surface area contributed by atoms with E-state index in [1.165, 1.54) is 0 Å². The fraction of sp³-hybridized carbons (Fsp3) is 0.467. The van der Waals surface area contributed by atoms with E-state index in [2.05, 4.69) is 23.7 Å². The maximum atomic E-state index is 13.8. The third kappa shape index (κ3) is 5.76. The first-order chi connectivity index (χ1) is 19.2. The molecule has 3 atom stereocenters. The Morgan fingerprint density at radius 1 is 1.27 bits per heavy atom. The number of alkyl halides is 3. The van der Waals surface area contributed by atoms with Crippen LogP contribution < -0.4 is 14.4 Å². The molecule has 2 aliphatic rings. The van der Waals surface area contributed by atoms with E-state index in [1.54, 1.807) is 23.1 Å². The number of rotatable bonds is 11. The molecule has 7 nitrogen and oxygen atoms in total. The van der Waals surface area contributed by atoms with Gasteiger partial charge in [0.25, 0.3) is 0 Å². The molecule has 0 bridgehead atoms. The summed E-state index contributed by atoms with van der Waals surface area (Å²) in [7, 11) is 1.58. The van der Waals surface area contributed by atoms with Crippen molar-refractivity contribution >= 4 is 22.5 Å². The van der Waals surface area contributed by atoms with Crippen LogP contribution in [0.2, 0.25) is 0 Å². The van der Waals surface area contributed by atoms with Crippen molar-refractivity contribution in [1.29, 1.82) is 0 Å². The zero-order valence-electron chi connectivity index (χ0n) is 22.8. The van der Waals surface area contributed by atoms with Crippen LogP contribution in [0.25, 0.3) is 10.9 Å². The van der Waals surface area contributed by atoms with Gasteiger partial charge in [-0.05, 0) is 62.4 Å². The van der Waals surface area contributed by atoms with Crippen LogP contribution >= 0.6 is 0 Å². The first-order valence-corrected chi connectivity index (χ1v) is 13.8. The van der Waals surface area contributed by atoms with E-state index in [9.17, 15) is 18.0 Å². The molecule has 1 amide bonds. The van der Waals surface area contributed by atoms with Gasteiger partial charge in [-0.15, -0.1) is 0 Å². The number of benzene rings is 2. The number of H-pyrrole nitrogens is 1. The topological polar surface area (TPSA) is 70.7 Å². The van der Waals surface area contributed by atoms with Crippen molar-refractivity contribution < 1.29 is 27.4 Å². The lowest BCUT2D eigenvalue weighted by Crippen LogP contribution is -2.39. The van der Waals surface area contributed by atoms with E-state index in [4.69, 9.17) is 9.47 Å². The molecule has 2 aliphatic heterocycles. The second-order valence-electron chi connectivity index (χ2n) is 10.6. The number of likely N-dealkylation sites (tertiary alicyclic amines) is 1. The smallest absolute Gasteiger partial charge is 0.391 e. The van der Waals surface area contributed by atoms with Crippen LogP contribution in [0.4, 0.5) is 18.9 Å². The normalized spacial score (nSPS) is 19.8. The molecular weight excluding hydrogens is 521 g/mol. The number of carbonyl (C=O) groups excluding carboxylic acids is 1. The van der Waals surface area contributed by atoms with E-state index < -0.39 is 24.6 Å². The van der Waals surface area contributed by atoms with Gasteiger partial charge in [0.15, 0.2) is 0 Å². The van der Waals surface area contributed by atoms with Crippen molar-refractivity contribution in [1.82, 2.24) is 15.1 Å². The quantitative estimate of drug-likeness (QED) is 0.289. The number of amides is 1. The number of hydrogen-bond donors (Lipinski definition) is 1. The minimum absolute atomic E-state index is 0.0955. The van der Waals surface area contributed by atoms with Crippen LogP contribution in [-0.4, -0.2) is 59.5 Å². The van der Waals surface area contributed by atoms with E-state index in [1.807, 2.05) is 36.4 Å². The van der Waals surface area contributed by atoms with Crippen molar-refractivity contribution in [3.63, 3.8) is 0 Å². The van der Waals surface area contributed by atoms with Crippen LogP contribution in [0.15, 0.2) is 54.9 Å². The van der Waals surface area contributed by atoms with Crippen molar-refractivity contribution in [2.75, 3.05) is 25.1 Å². The number of aromatic nitrogens is 2. The summed E-state index contributed by atoms with van der Waals surface area (Å²) in [6, 6.07) is 10.7. The standard InChI is InChI=1S/C30H35F3N4O3/c1-4-22(40-23-11-13-25-20(15-23)17-34-35-25)10-12-24-28-26(8-5-9-27(28)39-3)37(29(24)38)18-19(2)36-14-6-7-21(36)16-30(31,32)33/h5,8-9,11,13,15,17,21-22,24H,2,4,6-7,10,12,14,16,18H2,1,3H3,(H,34,35). The summed E-state index contributed by atoms with van der Waals surface area (Å²) in [5.74, 6) is 0.826. The Morgan fingerprint density at radius 3 is 2.85 bits per heavy atom. The molecule has 1 N–H and O–H groups in total. The predicted molar refractivity (Wildman–Crippen MR) is 148 cm³/mol. The van der Waals surface area contributed by atoms with Crippen LogP contribution in [0.3, 0.4) is 0 Å². The van der Waals surface area contributed by atoms with Gasteiger partial charge in [-0.25, -0.2) is 0 Å². The fourth-order valence-corrected chi connectivity index (χ4v) is 6.05. The largest absolute Gasteiger partial charge is 0.496 e. The Bertz CT molecular complexity index is 1370. The first kappa shape index (κ1) is 27.9. The van der Waals surface area contributed by atoms with Crippen LogP contribution in [0, 0.1) is 0 Å². The molecule has 1 aromatic heterocycles. The van der Waals surface area contributed by atoms with E-state index in [-0.39, 0.29) is 18.6 Å². The number of hydrogen-bond acceptors (Lipinski definition) is 5. The molecule has 3 unspecified atom stereocenters. The van der Waals surface area contributed by atoms with Gasteiger partial charge >= 0.3 is 6.18 Å². The number of nitrogens with zero attached hydrogens (tertiary/aromatic N) is 3. The van der Waals surface area contributed by atoms with Crippen molar-refractivity contribution in [2.45, 2.75) is 69.7 Å². The Kier molecular flexibility index (Phi) is 7.96. The Labute approximate surface area is 231 Å². The molecule has 5 rings (SSSR count). The van der Waals surface area contributed by atoms with Crippen molar-refractivity contribution in [3.8, 4) is 11.5 Å². The predicted octanol–water partition coefficient (Wildman–Crippen LogP) is 6.57. The highest BCUT2D eigenvalue weighted by molar-refractivity contribution is 6.06. The van der Waals surface area contributed by atoms with Gasteiger partial charge in [0.05, 0.1) is 49.5 Å². The molecular formula is C30H35F3N4O3. The maximum absolute atomic E-state index is 13.8. The van der Waals surface area contributed by atoms with Gasteiger partial charge < -0.3 is 19.3 Å². The minimum Gasteiger partial charge on any atom is -0.496 e. The number of halogens is 3. The monoisotopic (exact) mass is 556 g/mol. The molecule has 3 heterocycles.